The van der Waals surface area contributed by atoms with E-state index in [1.165, 1.54) is 0 Å². The Hall–Kier alpha value is -3.39. The molecule has 0 fully saturated rings. The highest BCUT2D eigenvalue weighted by Gasteiger charge is 2.39. The zero-order valence-electron chi connectivity index (χ0n) is 19.1. The summed E-state index contributed by atoms with van der Waals surface area (Å²) in [5.74, 6) is -2.14. The lowest BCUT2D eigenvalue weighted by atomic mass is 9.91. The van der Waals surface area contributed by atoms with Crippen molar-refractivity contribution in [1.29, 1.82) is 0 Å². The molecule has 2 aromatic rings. The van der Waals surface area contributed by atoms with Gasteiger partial charge in [-0.3, -0.25) is 4.79 Å². The SMILES string of the molecule is CCC(CC)(NC(=O)OCC1c2ccccc2-c2ccccc21)C(=O)NCC(C)(O)C(=O)O. The fraction of sp³-hybridized carbons (Fsp3) is 0.400. The molecule has 8 heteroatoms. The highest BCUT2D eigenvalue weighted by molar-refractivity contribution is 5.90. The van der Waals surface area contributed by atoms with Gasteiger partial charge in [0.1, 0.15) is 12.1 Å². The number of carbonyl (C=O) groups excluding carboxylic acids is 2. The van der Waals surface area contributed by atoms with E-state index in [9.17, 15) is 19.5 Å². The molecule has 0 radical (unpaired) electrons. The van der Waals surface area contributed by atoms with Gasteiger partial charge in [0.2, 0.25) is 5.91 Å². The molecule has 4 N–H and O–H groups in total. The van der Waals surface area contributed by atoms with E-state index in [0.717, 1.165) is 29.2 Å². The summed E-state index contributed by atoms with van der Waals surface area (Å²) in [7, 11) is 0. The molecular formula is C25H30N2O6. The number of carboxylic acids is 1. The first-order chi connectivity index (χ1) is 15.6. The Morgan fingerprint density at radius 3 is 1.97 bits per heavy atom. The average molecular weight is 455 g/mol. The summed E-state index contributed by atoms with van der Waals surface area (Å²) in [6.45, 7) is 4.19. The summed E-state index contributed by atoms with van der Waals surface area (Å²) in [6.07, 6.45) is -0.218. The molecule has 33 heavy (non-hydrogen) atoms. The van der Waals surface area contributed by atoms with Gasteiger partial charge in [0.15, 0.2) is 5.60 Å². The lowest BCUT2D eigenvalue weighted by Gasteiger charge is -2.32. The molecule has 2 amide bonds. The zero-order chi connectivity index (χ0) is 24.2. The minimum Gasteiger partial charge on any atom is -0.479 e. The summed E-state index contributed by atoms with van der Waals surface area (Å²) in [6, 6.07) is 16.0. The molecule has 1 aliphatic rings. The van der Waals surface area contributed by atoms with Gasteiger partial charge in [-0.1, -0.05) is 62.4 Å². The molecule has 0 aromatic heterocycles. The monoisotopic (exact) mass is 454 g/mol. The summed E-state index contributed by atoms with van der Waals surface area (Å²) in [5, 5.41) is 24.0. The van der Waals surface area contributed by atoms with Crippen LogP contribution >= 0.6 is 0 Å². The Bertz CT molecular complexity index is 999. The van der Waals surface area contributed by atoms with Gasteiger partial charge in [0.05, 0.1) is 6.54 Å². The Kier molecular flexibility index (Phi) is 7.07. The van der Waals surface area contributed by atoms with Crippen LogP contribution in [0.3, 0.4) is 0 Å². The molecule has 1 atom stereocenters. The van der Waals surface area contributed by atoms with Crippen LogP contribution in [-0.2, 0) is 14.3 Å². The second kappa shape index (κ2) is 9.62. The van der Waals surface area contributed by atoms with Crippen LogP contribution < -0.4 is 10.6 Å². The third-order valence-corrected chi connectivity index (χ3v) is 6.38. The van der Waals surface area contributed by atoms with Crippen LogP contribution in [-0.4, -0.2) is 52.5 Å². The smallest absolute Gasteiger partial charge is 0.408 e. The number of benzene rings is 2. The number of carboxylic acid groups (broad SMARTS) is 1. The fourth-order valence-corrected chi connectivity index (χ4v) is 4.13. The van der Waals surface area contributed by atoms with E-state index < -0.39 is 35.7 Å². The largest absolute Gasteiger partial charge is 0.479 e. The van der Waals surface area contributed by atoms with Crippen LogP contribution in [0.4, 0.5) is 4.79 Å². The van der Waals surface area contributed by atoms with Crippen LogP contribution in [0.2, 0.25) is 0 Å². The molecule has 176 valence electrons. The van der Waals surface area contributed by atoms with Gasteiger partial charge in [-0.2, -0.15) is 0 Å². The summed E-state index contributed by atoms with van der Waals surface area (Å²) < 4.78 is 5.56. The van der Waals surface area contributed by atoms with Crippen molar-refractivity contribution in [2.24, 2.45) is 0 Å². The normalized spacial score (nSPS) is 14.5. The lowest BCUT2D eigenvalue weighted by molar-refractivity contribution is -0.156. The molecule has 0 spiro atoms. The number of rotatable bonds is 9. The number of hydrogen-bond acceptors (Lipinski definition) is 5. The van der Waals surface area contributed by atoms with Crippen LogP contribution in [0.15, 0.2) is 48.5 Å². The number of aliphatic carboxylic acids is 1. The summed E-state index contributed by atoms with van der Waals surface area (Å²) >= 11 is 0. The Labute approximate surface area is 193 Å². The predicted octanol–water partition coefficient (Wildman–Crippen LogP) is 3.04. The molecule has 0 heterocycles. The van der Waals surface area contributed by atoms with E-state index in [2.05, 4.69) is 10.6 Å². The topological polar surface area (TPSA) is 125 Å². The first-order valence-corrected chi connectivity index (χ1v) is 11.0. The van der Waals surface area contributed by atoms with Crippen LogP contribution in [0.1, 0.15) is 50.7 Å². The molecule has 8 nitrogen and oxygen atoms in total. The van der Waals surface area contributed by atoms with Crippen molar-refractivity contribution in [2.75, 3.05) is 13.2 Å². The highest BCUT2D eigenvalue weighted by atomic mass is 16.5. The van der Waals surface area contributed by atoms with Gasteiger partial charge < -0.3 is 25.6 Å². The van der Waals surface area contributed by atoms with Gasteiger partial charge in [0, 0.05) is 5.92 Å². The standard InChI is InChI=1S/C25H30N2O6/c1-4-25(5-2,21(28)26-15-24(3,32)22(29)30)27-23(31)33-14-20-18-12-8-6-10-16(18)17-11-7-9-13-19(17)20/h6-13,20,32H,4-5,14-15H2,1-3H3,(H,26,28)(H,27,31)(H,29,30). The van der Waals surface area contributed by atoms with E-state index in [0.29, 0.717) is 0 Å². The summed E-state index contributed by atoms with van der Waals surface area (Å²) in [4.78, 5) is 36.6. The summed E-state index contributed by atoms with van der Waals surface area (Å²) in [5.41, 5.74) is 0.978. The van der Waals surface area contributed by atoms with E-state index in [4.69, 9.17) is 9.84 Å². The van der Waals surface area contributed by atoms with Crippen molar-refractivity contribution >= 4 is 18.0 Å². The van der Waals surface area contributed by atoms with Crippen molar-refractivity contribution in [3.05, 3.63) is 59.7 Å². The van der Waals surface area contributed by atoms with Gasteiger partial charge in [-0.25, -0.2) is 9.59 Å². The van der Waals surface area contributed by atoms with Gasteiger partial charge in [-0.15, -0.1) is 0 Å². The molecule has 0 aliphatic heterocycles. The van der Waals surface area contributed by atoms with Crippen molar-refractivity contribution in [2.45, 2.75) is 50.7 Å². The van der Waals surface area contributed by atoms with Crippen molar-refractivity contribution in [1.82, 2.24) is 10.6 Å². The number of fused-ring (bicyclic) bond motifs is 3. The Balaban J connectivity index is 1.68. The number of carbonyl (C=O) groups is 3. The number of nitrogens with one attached hydrogen (secondary N) is 2. The quantitative estimate of drug-likeness (QED) is 0.462. The van der Waals surface area contributed by atoms with E-state index >= 15 is 0 Å². The highest BCUT2D eigenvalue weighted by Crippen LogP contribution is 2.44. The van der Waals surface area contributed by atoms with Gasteiger partial charge >= 0.3 is 12.1 Å². The second-order valence-electron chi connectivity index (χ2n) is 8.50. The molecule has 0 bridgehead atoms. The molecule has 0 saturated heterocycles. The fourth-order valence-electron chi connectivity index (χ4n) is 4.13. The van der Waals surface area contributed by atoms with Crippen molar-refractivity contribution in [3.8, 4) is 11.1 Å². The third kappa shape index (κ3) is 4.85. The van der Waals surface area contributed by atoms with Crippen molar-refractivity contribution in [3.63, 3.8) is 0 Å². The predicted molar refractivity (Wildman–Crippen MR) is 123 cm³/mol. The van der Waals surface area contributed by atoms with Gasteiger partial charge in [-0.05, 0) is 42.0 Å². The molecule has 3 rings (SSSR count). The maximum atomic E-state index is 12.8. The molecule has 2 aromatic carbocycles. The van der Waals surface area contributed by atoms with Crippen LogP contribution in [0, 0.1) is 0 Å². The van der Waals surface area contributed by atoms with Gasteiger partial charge in [0.25, 0.3) is 0 Å². The van der Waals surface area contributed by atoms with E-state index in [1.807, 2.05) is 48.5 Å². The first kappa shape index (κ1) is 24.3. The number of hydrogen-bond donors (Lipinski definition) is 4. The molecule has 1 aliphatic carbocycles. The first-order valence-electron chi connectivity index (χ1n) is 11.0. The number of ether oxygens (including phenoxy) is 1. The third-order valence-electron chi connectivity index (χ3n) is 6.38. The maximum absolute atomic E-state index is 12.8. The number of alkyl carbamates (subject to hydrolysis) is 1. The van der Waals surface area contributed by atoms with Crippen LogP contribution in [0.5, 0.6) is 0 Å². The minimum atomic E-state index is -2.12. The number of aliphatic hydroxyl groups is 1. The number of amides is 2. The second-order valence-corrected chi connectivity index (χ2v) is 8.50. The maximum Gasteiger partial charge on any atom is 0.408 e. The van der Waals surface area contributed by atoms with Crippen LogP contribution in [0.25, 0.3) is 11.1 Å². The average Bonchev–Trinajstić information content (AvgIpc) is 3.13. The lowest BCUT2D eigenvalue weighted by Crippen LogP contribution is -2.60. The minimum absolute atomic E-state index is 0.110. The van der Waals surface area contributed by atoms with Crippen molar-refractivity contribution < 1.29 is 29.3 Å². The Morgan fingerprint density at radius 1 is 0.970 bits per heavy atom. The zero-order valence-corrected chi connectivity index (χ0v) is 19.1. The Morgan fingerprint density at radius 2 is 1.48 bits per heavy atom. The molecule has 0 saturated carbocycles. The molecular weight excluding hydrogens is 424 g/mol. The van der Waals surface area contributed by atoms with E-state index in [1.54, 1.807) is 13.8 Å². The molecule has 1 unspecified atom stereocenters. The van der Waals surface area contributed by atoms with E-state index in [-0.39, 0.29) is 25.4 Å².